The Morgan fingerprint density at radius 1 is 1.18 bits per heavy atom. The summed E-state index contributed by atoms with van der Waals surface area (Å²) < 4.78 is 5.41. The number of ether oxygens (including phenoxy) is 1. The smallest absolute Gasteiger partial charge is 0.256 e. The Kier molecular flexibility index (Phi) is 4.10. The molecule has 0 bridgehead atoms. The molecule has 0 radical (unpaired) electrons. The molecule has 0 fully saturated rings. The molecule has 112 valence electrons. The molecule has 0 saturated heterocycles. The predicted molar refractivity (Wildman–Crippen MR) is 90.6 cm³/mol. The minimum atomic E-state index is -0.137. The van der Waals surface area contributed by atoms with Crippen LogP contribution in [0.2, 0.25) is 10.0 Å². The maximum absolute atomic E-state index is 12.1. The molecule has 0 aliphatic carbocycles. The minimum Gasteiger partial charge on any atom is -0.491 e. The SMILES string of the molecule is CCOc1c(Cl)cc(/C=C2\C(=O)Nc3ccccc32)cc1Cl. The van der Waals surface area contributed by atoms with E-state index in [0.29, 0.717) is 28.0 Å². The van der Waals surface area contributed by atoms with Crippen molar-refractivity contribution in [2.75, 3.05) is 11.9 Å². The van der Waals surface area contributed by atoms with Gasteiger partial charge in [-0.05, 0) is 36.8 Å². The van der Waals surface area contributed by atoms with Gasteiger partial charge in [0.25, 0.3) is 5.91 Å². The number of rotatable bonds is 3. The zero-order valence-corrected chi connectivity index (χ0v) is 13.3. The number of benzene rings is 2. The highest BCUT2D eigenvalue weighted by Gasteiger charge is 2.23. The number of carbonyl (C=O) groups excluding carboxylic acids is 1. The second-order valence-corrected chi connectivity index (χ2v) is 5.62. The molecular weight excluding hydrogens is 321 g/mol. The molecule has 1 N–H and O–H groups in total. The van der Waals surface area contributed by atoms with Crippen LogP contribution in [0.25, 0.3) is 11.6 Å². The minimum absolute atomic E-state index is 0.137. The molecule has 0 saturated carbocycles. The van der Waals surface area contributed by atoms with Crippen molar-refractivity contribution in [3.05, 3.63) is 57.6 Å². The summed E-state index contributed by atoms with van der Waals surface area (Å²) in [6, 6.07) is 11.0. The fourth-order valence-electron chi connectivity index (χ4n) is 2.39. The predicted octanol–water partition coefficient (Wildman–Crippen LogP) is 4.88. The second kappa shape index (κ2) is 6.03. The maximum atomic E-state index is 12.1. The normalized spacial score (nSPS) is 14.9. The molecular formula is C17H13Cl2NO2. The van der Waals surface area contributed by atoms with E-state index in [9.17, 15) is 4.79 Å². The second-order valence-electron chi connectivity index (χ2n) is 4.80. The lowest BCUT2D eigenvalue weighted by molar-refractivity contribution is -0.110. The van der Waals surface area contributed by atoms with Crippen LogP contribution in [0.3, 0.4) is 0 Å². The highest BCUT2D eigenvalue weighted by molar-refractivity contribution is 6.38. The molecule has 2 aromatic rings. The van der Waals surface area contributed by atoms with Crippen molar-refractivity contribution < 1.29 is 9.53 Å². The van der Waals surface area contributed by atoms with Crippen LogP contribution in [0.4, 0.5) is 5.69 Å². The van der Waals surface area contributed by atoms with Crippen molar-refractivity contribution in [3.63, 3.8) is 0 Å². The Hall–Kier alpha value is -1.97. The van der Waals surface area contributed by atoms with Crippen LogP contribution in [0.1, 0.15) is 18.1 Å². The fourth-order valence-corrected chi connectivity index (χ4v) is 3.01. The van der Waals surface area contributed by atoms with Crippen LogP contribution in [-0.2, 0) is 4.79 Å². The lowest BCUT2D eigenvalue weighted by atomic mass is 10.0. The molecule has 5 heteroatoms. The van der Waals surface area contributed by atoms with Gasteiger partial charge in [0.1, 0.15) is 0 Å². The van der Waals surface area contributed by atoms with Crippen molar-refractivity contribution in [2.45, 2.75) is 6.92 Å². The van der Waals surface area contributed by atoms with Crippen LogP contribution < -0.4 is 10.1 Å². The van der Waals surface area contributed by atoms with E-state index in [1.54, 1.807) is 18.2 Å². The van der Waals surface area contributed by atoms with Crippen molar-refractivity contribution >= 4 is 46.4 Å². The fraction of sp³-hybridized carbons (Fsp3) is 0.118. The van der Waals surface area contributed by atoms with Crippen LogP contribution in [0, 0.1) is 0 Å². The molecule has 3 nitrogen and oxygen atoms in total. The summed E-state index contributed by atoms with van der Waals surface area (Å²) in [4.78, 5) is 12.1. The number of carbonyl (C=O) groups is 1. The van der Waals surface area contributed by atoms with E-state index in [-0.39, 0.29) is 5.91 Å². The largest absolute Gasteiger partial charge is 0.491 e. The van der Waals surface area contributed by atoms with Crippen LogP contribution in [-0.4, -0.2) is 12.5 Å². The zero-order valence-electron chi connectivity index (χ0n) is 11.8. The molecule has 1 heterocycles. The monoisotopic (exact) mass is 333 g/mol. The van der Waals surface area contributed by atoms with Gasteiger partial charge in [0.05, 0.1) is 16.7 Å². The molecule has 22 heavy (non-hydrogen) atoms. The van der Waals surface area contributed by atoms with E-state index < -0.39 is 0 Å². The van der Waals surface area contributed by atoms with E-state index in [1.165, 1.54) is 0 Å². The summed E-state index contributed by atoms with van der Waals surface area (Å²) in [7, 11) is 0. The Bertz CT molecular complexity index is 761. The summed E-state index contributed by atoms with van der Waals surface area (Å²) >= 11 is 12.4. The van der Waals surface area contributed by atoms with Gasteiger partial charge in [-0.3, -0.25) is 4.79 Å². The van der Waals surface area contributed by atoms with Gasteiger partial charge in [-0.15, -0.1) is 0 Å². The third kappa shape index (κ3) is 2.70. The van der Waals surface area contributed by atoms with Crippen molar-refractivity contribution in [3.8, 4) is 5.75 Å². The molecule has 2 aromatic carbocycles. The average molecular weight is 334 g/mol. The number of anilines is 1. The topological polar surface area (TPSA) is 38.3 Å². The van der Waals surface area contributed by atoms with Crippen molar-refractivity contribution in [2.24, 2.45) is 0 Å². The van der Waals surface area contributed by atoms with E-state index in [0.717, 1.165) is 16.8 Å². The van der Waals surface area contributed by atoms with Crippen LogP contribution in [0.5, 0.6) is 5.75 Å². The van der Waals surface area contributed by atoms with Crippen molar-refractivity contribution in [1.29, 1.82) is 0 Å². The summed E-state index contributed by atoms with van der Waals surface area (Å²) in [6.45, 7) is 2.35. The van der Waals surface area contributed by atoms with Gasteiger partial charge in [-0.25, -0.2) is 0 Å². The van der Waals surface area contributed by atoms with Gasteiger partial charge in [0.2, 0.25) is 0 Å². The molecule has 0 unspecified atom stereocenters. The van der Waals surface area contributed by atoms with Gasteiger partial charge in [-0.1, -0.05) is 41.4 Å². The Morgan fingerprint density at radius 3 is 2.55 bits per heavy atom. The molecule has 1 aliphatic rings. The first-order valence-electron chi connectivity index (χ1n) is 6.84. The number of hydrogen-bond donors (Lipinski definition) is 1. The lowest BCUT2D eigenvalue weighted by Gasteiger charge is -2.09. The van der Waals surface area contributed by atoms with E-state index in [2.05, 4.69) is 5.32 Å². The number of fused-ring (bicyclic) bond motifs is 1. The van der Waals surface area contributed by atoms with Gasteiger partial charge in [0.15, 0.2) is 5.75 Å². The third-order valence-electron chi connectivity index (χ3n) is 3.33. The number of nitrogens with one attached hydrogen (secondary N) is 1. The quantitative estimate of drug-likeness (QED) is 0.812. The Balaban J connectivity index is 2.04. The van der Waals surface area contributed by atoms with Crippen LogP contribution in [0.15, 0.2) is 36.4 Å². The summed E-state index contributed by atoms with van der Waals surface area (Å²) in [5.41, 5.74) is 3.02. The maximum Gasteiger partial charge on any atom is 0.256 e. The molecule has 1 aliphatic heterocycles. The zero-order chi connectivity index (χ0) is 15.7. The number of para-hydroxylation sites is 1. The molecule has 1 amide bonds. The Morgan fingerprint density at radius 2 is 1.86 bits per heavy atom. The van der Waals surface area contributed by atoms with E-state index in [4.69, 9.17) is 27.9 Å². The summed E-state index contributed by atoms with van der Waals surface area (Å²) in [6.07, 6.45) is 1.77. The highest BCUT2D eigenvalue weighted by Crippen LogP contribution is 2.37. The number of halogens is 2. The van der Waals surface area contributed by atoms with Crippen molar-refractivity contribution in [1.82, 2.24) is 0 Å². The third-order valence-corrected chi connectivity index (χ3v) is 3.89. The highest BCUT2D eigenvalue weighted by atomic mass is 35.5. The van der Waals surface area contributed by atoms with E-state index >= 15 is 0 Å². The molecule has 3 rings (SSSR count). The number of amides is 1. The summed E-state index contributed by atoms with van der Waals surface area (Å²) in [5, 5.41) is 3.68. The first kappa shape index (κ1) is 14.9. The molecule has 0 aromatic heterocycles. The average Bonchev–Trinajstić information content (AvgIpc) is 2.79. The first-order chi connectivity index (χ1) is 10.6. The standard InChI is InChI=1S/C17H13Cl2NO2/c1-2-22-16-13(18)8-10(9-14(16)19)7-12-11-5-3-4-6-15(11)20-17(12)21/h3-9H,2H2,1H3,(H,20,21)/b12-7-. The lowest BCUT2D eigenvalue weighted by Crippen LogP contribution is -2.03. The van der Waals surface area contributed by atoms with Gasteiger partial charge in [-0.2, -0.15) is 0 Å². The van der Waals surface area contributed by atoms with E-state index in [1.807, 2.05) is 31.2 Å². The van der Waals surface area contributed by atoms with Crippen LogP contribution >= 0.6 is 23.2 Å². The van der Waals surface area contributed by atoms with Gasteiger partial charge in [0, 0.05) is 16.8 Å². The number of hydrogen-bond acceptors (Lipinski definition) is 2. The molecule has 0 spiro atoms. The van der Waals surface area contributed by atoms with Gasteiger partial charge >= 0.3 is 0 Å². The van der Waals surface area contributed by atoms with Gasteiger partial charge < -0.3 is 10.1 Å². The molecule has 0 atom stereocenters. The summed E-state index contributed by atoms with van der Waals surface area (Å²) in [5.74, 6) is 0.326. The Labute approximate surface area is 138 Å². The first-order valence-corrected chi connectivity index (χ1v) is 7.60.